The van der Waals surface area contributed by atoms with Gasteiger partial charge >= 0.3 is 0 Å². The van der Waals surface area contributed by atoms with Gasteiger partial charge in [0.1, 0.15) is 0 Å². The molecule has 106 valence electrons. The van der Waals surface area contributed by atoms with E-state index in [1.807, 2.05) is 6.07 Å². The second-order valence-corrected chi connectivity index (χ2v) is 7.06. The minimum absolute atomic E-state index is 0.119. The molecule has 2 unspecified atom stereocenters. The maximum Gasteiger partial charge on any atom is 0.240 e. The highest BCUT2D eigenvalue weighted by Crippen LogP contribution is 2.23. The molecule has 1 aliphatic carbocycles. The van der Waals surface area contributed by atoms with Crippen LogP contribution in [-0.2, 0) is 10.0 Å². The fourth-order valence-corrected chi connectivity index (χ4v) is 3.98. The van der Waals surface area contributed by atoms with E-state index in [0.717, 1.165) is 31.2 Å². The van der Waals surface area contributed by atoms with E-state index >= 15 is 0 Å². The summed E-state index contributed by atoms with van der Waals surface area (Å²) in [6.45, 7) is 2.25. The van der Waals surface area contributed by atoms with Crippen LogP contribution in [0.1, 0.15) is 31.2 Å². The Morgan fingerprint density at radius 2 is 1.95 bits per heavy atom. The van der Waals surface area contributed by atoms with E-state index in [0.29, 0.717) is 11.4 Å². The first-order chi connectivity index (χ1) is 9.00. The fraction of sp³-hybridized carbons (Fsp3) is 0.571. The van der Waals surface area contributed by atoms with Gasteiger partial charge in [-0.2, -0.15) is 0 Å². The quantitative estimate of drug-likeness (QED) is 0.884. The zero-order valence-electron chi connectivity index (χ0n) is 11.3. The molecule has 1 fully saturated rings. The molecule has 2 atom stereocenters. The molecule has 1 aromatic carbocycles. The third-order valence-electron chi connectivity index (χ3n) is 3.89. The highest BCUT2D eigenvalue weighted by molar-refractivity contribution is 7.89. The van der Waals surface area contributed by atoms with Crippen LogP contribution in [0.25, 0.3) is 0 Å². The van der Waals surface area contributed by atoms with Gasteiger partial charge in [0.25, 0.3) is 0 Å². The van der Waals surface area contributed by atoms with Crippen molar-refractivity contribution >= 4 is 10.0 Å². The average molecular weight is 282 g/mol. The van der Waals surface area contributed by atoms with E-state index in [1.165, 1.54) is 0 Å². The second kappa shape index (κ2) is 6.03. The van der Waals surface area contributed by atoms with Crippen LogP contribution >= 0.6 is 0 Å². The summed E-state index contributed by atoms with van der Waals surface area (Å²) in [5.41, 5.74) is 6.81. The number of hydrogen-bond acceptors (Lipinski definition) is 3. The fourth-order valence-electron chi connectivity index (χ4n) is 2.64. The van der Waals surface area contributed by atoms with Crippen LogP contribution in [0.5, 0.6) is 0 Å². The summed E-state index contributed by atoms with van der Waals surface area (Å²) in [6, 6.07) is 7.15. The predicted octanol–water partition coefficient (Wildman–Crippen LogP) is 1.79. The number of aryl methyl sites for hydroxylation is 1. The van der Waals surface area contributed by atoms with Gasteiger partial charge in [0, 0.05) is 12.6 Å². The molecule has 1 saturated carbocycles. The second-order valence-electron chi connectivity index (χ2n) is 5.33. The van der Waals surface area contributed by atoms with Gasteiger partial charge in [-0.1, -0.05) is 31.0 Å². The van der Waals surface area contributed by atoms with Crippen LogP contribution in [-0.4, -0.2) is 21.0 Å². The van der Waals surface area contributed by atoms with Crippen LogP contribution in [0.3, 0.4) is 0 Å². The van der Waals surface area contributed by atoms with Gasteiger partial charge in [-0.05, 0) is 37.3 Å². The lowest BCUT2D eigenvalue weighted by atomic mass is 9.85. The van der Waals surface area contributed by atoms with E-state index in [-0.39, 0.29) is 12.0 Å². The summed E-state index contributed by atoms with van der Waals surface area (Å²) in [7, 11) is -3.42. The Kier molecular flexibility index (Phi) is 4.60. The smallest absolute Gasteiger partial charge is 0.240 e. The number of sulfonamides is 1. The highest BCUT2D eigenvalue weighted by atomic mass is 32.2. The van der Waals surface area contributed by atoms with Crippen molar-refractivity contribution in [3.63, 3.8) is 0 Å². The molecule has 1 aromatic rings. The molecule has 0 amide bonds. The van der Waals surface area contributed by atoms with Crippen LogP contribution in [0.15, 0.2) is 29.2 Å². The number of rotatable bonds is 4. The maximum atomic E-state index is 12.3. The summed E-state index contributed by atoms with van der Waals surface area (Å²) in [5, 5.41) is 0. The minimum Gasteiger partial charge on any atom is -0.327 e. The molecule has 0 bridgehead atoms. The topological polar surface area (TPSA) is 72.2 Å². The zero-order chi connectivity index (χ0) is 13.9. The molecule has 19 heavy (non-hydrogen) atoms. The van der Waals surface area contributed by atoms with E-state index in [1.54, 1.807) is 25.1 Å². The van der Waals surface area contributed by atoms with Gasteiger partial charge in [0.2, 0.25) is 10.0 Å². The van der Waals surface area contributed by atoms with Gasteiger partial charge < -0.3 is 5.73 Å². The van der Waals surface area contributed by atoms with Crippen molar-refractivity contribution < 1.29 is 8.42 Å². The monoisotopic (exact) mass is 282 g/mol. The first-order valence-corrected chi connectivity index (χ1v) is 8.30. The maximum absolute atomic E-state index is 12.3. The third kappa shape index (κ3) is 3.55. The Morgan fingerprint density at radius 1 is 1.26 bits per heavy atom. The van der Waals surface area contributed by atoms with Crippen LogP contribution in [0.2, 0.25) is 0 Å². The summed E-state index contributed by atoms with van der Waals surface area (Å²) < 4.78 is 27.2. The van der Waals surface area contributed by atoms with Gasteiger partial charge in [-0.15, -0.1) is 0 Å². The van der Waals surface area contributed by atoms with Crippen LogP contribution < -0.4 is 10.5 Å². The lowest BCUT2D eigenvalue weighted by molar-refractivity contribution is 0.308. The molecule has 3 N–H and O–H groups in total. The van der Waals surface area contributed by atoms with Crippen LogP contribution in [0.4, 0.5) is 0 Å². The minimum atomic E-state index is -3.42. The predicted molar refractivity (Wildman–Crippen MR) is 76.3 cm³/mol. The number of nitrogens with two attached hydrogens (primary N) is 1. The first-order valence-electron chi connectivity index (χ1n) is 6.81. The number of nitrogens with one attached hydrogen (secondary N) is 1. The van der Waals surface area contributed by atoms with Crippen molar-refractivity contribution in [1.29, 1.82) is 0 Å². The van der Waals surface area contributed by atoms with Gasteiger partial charge in [-0.3, -0.25) is 0 Å². The molecular weight excluding hydrogens is 260 g/mol. The van der Waals surface area contributed by atoms with E-state index in [9.17, 15) is 8.42 Å². The van der Waals surface area contributed by atoms with Crippen molar-refractivity contribution in [1.82, 2.24) is 4.72 Å². The third-order valence-corrected chi connectivity index (χ3v) is 5.47. The summed E-state index contributed by atoms with van der Waals surface area (Å²) in [4.78, 5) is 0.361. The van der Waals surface area contributed by atoms with Crippen molar-refractivity contribution in [2.45, 2.75) is 43.5 Å². The average Bonchev–Trinajstić information content (AvgIpc) is 2.38. The number of benzene rings is 1. The van der Waals surface area contributed by atoms with Crippen molar-refractivity contribution in [3.8, 4) is 0 Å². The molecule has 0 heterocycles. The molecule has 4 nitrogen and oxygen atoms in total. The van der Waals surface area contributed by atoms with Gasteiger partial charge in [0.15, 0.2) is 0 Å². The molecule has 0 aliphatic heterocycles. The standard InChI is InChI=1S/C14H22N2O2S/c1-11-6-2-5-9-14(11)19(17,18)16-10-12-7-3-4-8-13(12)15/h2,5-6,9,12-13,16H,3-4,7-8,10,15H2,1H3. The molecule has 0 radical (unpaired) electrons. The Bertz CT molecular complexity index is 528. The van der Waals surface area contributed by atoms with Crippen LogP contribution in [0, 0.1) is 12.8 Å². The Hall–Kier alpha value is -0.910. The largest absolute Gasteiger partial charge is 0.327 e. The molecule has 0 saturated heterocycles. The Morgan fingerprint density at radius 3 is 2.63 bits per heavy atom. The van der Waals surface area contributed by atoms with Gasteiger partial charge in [0.05, 0.1) is 4.90 Å². The lowest BCUT2D eigenvalue weighted by Gasteiger charge is -2.28. The van der Waals surface area contributed by atoms with Crippen molar-refractivity contribution in [3.05, 3.63) is 29.8 Å². The zero-order valence-corrected chi connectivity index (χ0v) is 12.1. The van der Waals surface area contributed by atoms with Crippen molar-refractivity contribution in [2.24, 2.45) is 11.7 Å². The Labute approximate surface area is 115 Å². The molecular formula is C14H22N2O2S. The molecule has 2 rings (SSSR count). The van der Waals surface area contributed by atoms with Gasteiger partial charge in [-0.25, -0.2) is 13.1 Å². The van der Waals surface area contributed by atoms with Crippen molar-refractivity contribution in [2.75, 3.05) is 6.54 Å². The summed E-state index contributed by atoms with van der Waals surface area (Å²) in [6.07, 6.45) is 4.31. The molecule has 1 aliphatic rings. The summed E-state index contributed by atoms with van der Waals surface area (Å²) >= 11 is 0. The first kappa shape index (κ1) is 14.5. The highest BCUT2D eigenvalue weighted by Gasteiger charge is 2.24. The molecule has 0 aromatic heterocycles. The molecule has 5 heteroatoms. The SMILES string of the molecule is Cc1ccccc1S(=O)(=O)NCC1CCCCC1N. The van der Waals surface area contributed by atoms with E-state index in [2.05, 4.69) is 4.72 Å². The normalized spacial score (nSPS) is 24.3. The lowest BCUT2D eigenvalue weighted by Crippen LogP contribution is -2.41. The van der Waals surface area contributed by atoms with E-state index in [4.69, 9.17) is 5.73 Å². The summed E-state index contributed by atoms with van der Waals surface area (Å²) in [5.74, 6) is 0.257. The van der Waals surface area contributed by atoms with E-state index < -0.39 is 10.0 Å². The molecule has 0 spiro atoms. The Balaban J connectivity index is 2.04. The number of hydrogen-bond donors (Lipinski definition) is 2.